The zero-order valence-corrected chi connectivity index (χ0v) is 15.9. The molecule has 0 amide bonds. The second kappa shape index (κ2) is 7.85. The number of likely N-dealkylation sites (tertiary alicyclic amines) is 1. The Morgan fingerprint density at radius 3 is 2.43 bits per heavy atom. The maximum absolute atomic E-state index is 6.38. The number of hydrogen-bond donors (Lipinski definition) is 1. The summed E-state index contributed by atoms with van der Waals surface area (Å²) in [4.78, 5) is 2.54. The highest BCUT2D eigenvalue weighted by Gasteiger charge is 2.31. The fraction of sp³-hybridized carbons (Fsp3) is 0.700. The summed E-state index contributed by atoms with van der Waals surface area (Å²) < 4.78 is 0. The molecule has 0 bridgehead atoms. The van der Waals surface area contributed by atoms with Crippen molar-refractivity contribution in [1.29, 1.82) is 0 Å². The predicted octanol–water partition coefficient (Wildman–Crippen LogP) is 2.89. The molecule has 1 aromatic rings. The van der Waals surface area contributed by atoms with Crippen molar-refractivity contribution in [3.8, 4) is 0 Å². The van der Waals surface area contributed by atoms with E-state index in [0.29, 0.717) is 0 Å². The number of aryl methyl sites for hydroxylation is 1. The first-order valence-electron chi connectivity index (χ1n) is 9.45. The molecule has 1 atom stereocenters. The topological polar surface area (TPSA) is 29.3 Å². The third-order valence-electron chi connectivity index (χ3n) is 5.48. The minimum Gasteiger partial charge on any atom is -0.324 e. The molecule has 0 radical (unpaired) electrons. The Kier molecular flexibility index (Phi) is 6.33. The van der Waals surface area contributed by atoms with Crippen molar-refractivity contribution in [2.45, 2.75) is 65.2 Å². The van der Waals surface area contributed by atoms with E-state index < -0.39 is 0 Å². The van der Waals surface area contributed by atoms with Crippen LogP contribution < -0.4 is 5.73 Å². The predicted molar refractivity (Wildman–Crippen MR) is 104 cm³/mol. The molecule has 1 aliphatic heterocycles. The van der Waals surface area contributed by atoms with Crippen LogP contribution in [0.25, 0.3) is 0 Å². The second-order valence-corrected chi connectivity index (χ2v) is 8.05. The molecule has 0 aromatic heterocycles. The van der Waals surface area contributed by atoms with Gasteiger partial charge in [0.05, 0.1) is 0 Å². The van der Waals surface area contributed by atoms with Crippen LogP contribution in [0.5, 0.6) is 0 Å². The summed E-state index contributed by atoms with van der Waals surface area (Å²) in [6.45, 7) is 12.5. The van der Waals surface area contributed by atoms with Gasteiger partial charge in [-0.3, -0.25) is 0 Å². The van der Waals surface area contributed by atoms with Crippen molar-refractivity contribution in [2.75, 3.05) is 19.6 Å². The van der Waals surface area contributed by atoms with Crippen molar-refractivity contribution in [3.05, 3.63) is 34.4 Å². The van der Waals surface area contributed by atoms with Gasteiger partial charge in [-0.25, -0.2) is 0 Å². The van der Waals surface area contributed by atoms with E-state index >= 15 is 0 Å². The lowest BCUT2D eigenvalue weighted by Gasteiger charge is -2.43. The third-order valence-corrected chi connectivity index (χ3v) is 5.48. The molecule has 2 N–H and O–H groups in total. The highest BCUT2D eigenvalue weighted by atomic mass is 15.2. The lowest BCUT2D eigenvalue weighted by molar-refractivity contribution is 0.0744. The molecule has 128 valence electrons. The van der Waals surface area contributed by atoms with Gasteiger partial charge in [0, 0.05) is 25.2 Å². The number of hydrogen-bond acceptors (Lipinski definition) is 2. The van der Waals surface area contributed by atoms with Crippen LogP contribution in [0, 0.1) is 19.8 Å². The van der Waals surface area contributed by atoms with Crippen LogP contribution in [0.15, 0.2) is 12.1 Å². The van der Waals surface area contributed by atoms with Gasteiger partial charge in [-0.15, -0.1) is 0 Å². The van der Waals surface area contributed by atoms with Crippen LogP contribution in [0.4, 0.5) is 0 Å². The maximum Gasteiger partial charge on any atom is 0.101 e. The molecule has 23 heavy (non-hydrogen) atoms. The molecule has 0 aliphatic carbocycles. The SMILES string of the molecule is BCCc1ccc(CC2CN(CC(C)(N)CCC)C2)c(C)c1C. The second-order valence-electron chi connectivity index (χ2n) is 8.05. The monoisotopic (exact) mass is 314 g/mol. The summed E-state index contributed by atoms with van der Waals surface area (Å²) in [5, 5.41) is 0. The number of benzene rings is 1. The van der Waals surface area contributed by atoms with Gasteiger partial charge in [0.25, 0.3) is 0 Å². The van der Waals surface area contributed by atoms with Crippen molar-refractivity contribution >= 4 is 7.85 Å². The Balaban J connectivity index is 1.87. The summed E-state index contributed by atoms with van der Waals surface area (Å²) in [7, 11) is 2.26. The van der Waals surface area contributed by atoms with Crippen LogP contribution >= 0.6 is 0 Å². The van der Waals surface area contributed by atoms with Crippen LogP contribution in [0.1, 0.15) is 48.9 Å². The van der Waals surface area contributed by atoms with E-state index in [1.54, 1.807) is 5.56 Å². The molecular weight excluding hydrogens is 279 g/mol. The Labute approximate surface area is 144 Å². The van der Waals surface area contributed by atoms with E-state index in [1.165, 1.54) is 55.4 Å². The van der Waals surface area contributed by atoms with E-state index in [9.17, 15) is 0 Å². The molecule has 1 heterocycles. The van der Waals surface area contributed by atoms with Gasteiger partial charge in [-0.2, -0.15) is 0 Å². The first-order chi connectivity index (χ1) is 10.9. The maximum atomic E-state index is 6.38. The molecule has 0 saturated carbocycles. The molecule has 2 nitrogen and oxygen atoms in total. The van der Waals surface area contributed by atoms with E-state index in [4.69, 9.17) is 5.73 Å². The van der Waals surface area contributed by atoms with Gasteiger partial charge in [0.2, 0.25) is 0 Å². The van der Waals surface area contributed by atoms with Crippen molar-refractivity contribution in [1.82, 2.24) is 4.90 Å². The Morgan fingerprint density at radius 2 is 1.83 bits per heavy atom. The molecule has 3 heteroatoms. The Morgan fingerprint density at radius 1 is 1.22 bits per heavy atom. The molecule has 0 spiro atoms. The highest BCUT2D eigenvalue weighted by Crippen LogP contribution is 2.27. The van der Waals surface area contributed by atoms with Crippen molar-refractivity contribution in [2.24, 2.45) is 11.7 Å². The van der Waals surface area contributed by atoms with Crippen LogP contribution in [0.3, 0.4) is 0 Å². The molecular formula is C20H35BN2. The summed E-state index contributed by atoms with van der Waals surface area (Å²) in [5.41, 5.74) is 12.5. The lowest BCUT2D eigenvalue weighted by Crippen LogP contribution is -2.56. The van der Waals surface area contributed by atoms with E-state index in [2.05, 4.69) is 52.6 Å². The van der Waals surface area contributed by atoms with Crippen LogP contribution in [-0.4, -0.2) is 37.9 Å². The van der Waals surface area contributed by atoms with Crippen molar-refractivity contribution < 1.29 is 0 Å². The largest absolute Gasteiger partial charge is 0.324 e. The van der Waals surface area contributed by atoms with Gasteiger partial charge >= 0.3 is 0 Å². The van der Waals surface area contributed by atoms with Gasteiger partial charge in [-0.1, -0.05) is 31.8 Å². The van der Waals surface area contributed by atoms with E-state index in [0.717, 1.165) is 18.9 Å². The number of nitrogens with two attached hydrogens (primary N) is 1. The first kappa shape index (κ1) is 18.5. The number of nitrogens with zero attached hydrogens (tertiary/aromatic N) is 1. The van der Waals surface area contributed by atoms with Gasteiger partial charge in [-0.05, 0) is 68.2 Å². The van der Waals surface area contributed by atoms with Gasteiger partial charge in [0.15, 0.2) is 0 Å². The fourth-order valence-electron chi connectivity index (χ4n) is 4.10. The fourth-order valence-corrected chi connectivity index (χ4v) is 4.10. The first-order valence-corrected chi connectivity index (χ1v) is 9.45. The minimum absolute atomic E-state index is 0.0198. The Hall–Kier alpha value is -0.795. The zero-order chi connectivity index (χ0) is 17.0. The molecule has 1 fully saturated rings. The number of rotatable bonds is 8. The quantitative estimate of drug-likeness (QED) is 0.748. The minimum atomic E-state index is -0.0198. The molecule has 1 saturated heterocycles. The third kappa shape index (κ3) is 4.84. The molecule has 1 aromatic carbocycles. The highest BCUT2D eigenvalue weighted by molar-refractivity contribution is 6.08. The molecule has 2 rings (SSSR count). The summed E-state index contributed by atoms with van der Waals surface area (Å²) in [6, 6.07) is 4.73. The van der Waals surface area contributed by atoms with E-state index in [-0.39, 0.29) is 5.54 Å². The van der Waals surface area contributed by atoms with Gasteiger partial charge < -0.3 is 10.6 Å². The normalized spacial score (nSPS) is 18.7. The summed E-state index contributed by atoms with van der Waals surface area (Å²) >= 11 is 0. The average molecular weight is 314 g/mol. The van der Waals surface area contributed by atoms with Gasteiger partial charge in [0.1, 0.15) is 7.85 Å². The van der Waals surface area contributed by atoms with Crippen molar-refractivity contribution in [3.63, 3.8) is 0 Å². The average Bonchev–Trinajstić information content (AvgIpc) is 2.44. The Bertz CT molecular complexity index is 519. The zero-order valence-electron chi connectivity index (χ0n) is 15.9. The van der Waals surface area contributed by atoms with Crippen LogP contribution in [0.2, 0.25) is 6.32 Å². The van der Waals surface area contributed by atoms with Crippen LogP contribution in [-0.2, 0) is 12.8 Å². The molecule has 1 aliphatic rings. The van der Waals surface area contributed by atoms with E-state index in [1.807, 2.05) is 0 Å². The lowest BCUT2D eigenvalue weighted by atomic mass is 9.85. The summed E-state index contributed by atoms with van der Waals surface area (Å²) in [6.07, 6.45) is 5.95. The smallest absolute Gasteiger partial charge is 0.101 e. The standard InChI is InChI=1S/C20H35BN2/c1-5-9-20(4,22)14-23-12-17(13-23)11-19-7-6-18(8-10-21)15(2)16(19)3/h6-7,17H,5,8-14,21-22H2,1-4H3. The summed E-state index contributed by atoms with van der Waals surface area (Å²) in [5.74, 6) is 0.808. The molecule has 1 unspecified atom stereocenters.